The average molecular weight is 399 g/mol. The van der Waals surface area contributed by atoms with E-state index in [2.05, 4.69) is 38.4 Å². The zero-order chi connectivity index (χ0) is 20.3. The molecule has 1 aromatic heterocycles. The van der Waals surface area contributed by atoms with E-state index in [0.29, 0.717) is 6.04 Å². The topological polar surface area (TPSA) is 76.4 Å². The molecule has 0 radical (unpaired) electrons. The standard InChI is InChI=1S/C22H34N6O/c1-3-21-27-25-17-28(21)16-15-24-22(26-19-10-5-4-6-11-19)23-14-13-18-9-7-8-12-20(18)29-2/h7-9,12,17,19H,3-6,10-11,13-16H2,1-2H3,(H2,23,24,26). The van der Waals surface area contributed by atoms with Gasteiger partial charge >= 0.3 is 0 Å². The minimum atomic E-state index is 0.516. The second kappa shape index (κ2) is 11.4. The van der Waals surface area contributed by atoms with Gasteiger partial charge in [0.1, 0.15) is 17.9 Å². The number of hydrogen-bond acceptors (Lipinski definition) is 4. The smallest absolute Gasteiger partial charge is 0.191 e. The molecule has 0 saturated heterocycles. The normalized spacial score (nSPS) is 15.3. The Kier molecular flexibility index (Phi) is 8.34. The van der Waals surface area contributed by atoms with E-state index in [4.69, 9.17) is 9.73 Å². The summed E-state index contributed by atoms with van der Waals surface area (Å²) < 4.78 is 7.56. The molecule has 2 N–H and O–H groups in total. The maximum absolute atomic E-state index is 5.46. The van der Waals surface area contributed by atoms with E-state index in [1.807, 2.05) is 18.2 Å². The van der Waals surface area contributed by atoms with Crippen LogP contribution in [0.5, 0.6) is 5.75 Å². The second-order valence-electron chi connectivity index (χ2n) is 7.49. The van der Waals surface area contributed by atoms with E-state index in [9.17, 15) is 0 Å². The molecule has 3 rings (SSSR count). The van der Waals surface area contributed by atoms with Crippen molar-refractivity contribution in [2.75, 3.05) is 20.2 Å². The zero-order valence-corrected chi connectivity index (χ0v) is 17.7. The number of benzene rings is 1. The maximum Gasteiger partial charge on any atom is 0.191 e. The Balaban J connectivity index is 1.57. The Bertz CT molecular complexity index is 766. The van der Waals surface area contributed by atoms with Gasteiger partial charge in [-0.1, -0.05) is 44.4 Å². The third-order valence-electron chi connectivity index (χ3n) is 5.45. The molecule has 0 aliphatic heterocycles. The number of ether oxygens (including phenoxy) is 1. The lowest BCUT2D eigenvalue weighted by Crippen LogP contribution is -2.45. The second-order valence-corrected chi connectivity index (χ2v) is 7.49. The van der Waals surface area contributed by atoms with Crippen LogP contribution >= 0.6 is 0 Å². The summed E-state index contributed by atoms with van der Waals surface area (Å²) in [5, 5.41) is 15.3. The molecule has 1 aliphatic rings. The lowest BCUT2D eigenvalue weighted by molar-refractivity contribution is 0.408. The van der Waals surface area contributed by atoms with Crippen LogP contribution < -0.4 is 15.4 Å². The summed E-state index contributed by atoms with van der Waals surface area (Å²) in [5.74, 6) is 2.84. The molecule has 7 nitrogen and oxygen atoms in total. The predicted octanol–water partition coefficient (Wildman–Crippen LogP) is 2.96. The van der Waals surface area contributed by atoms with Crippen molar-refractivity contribution in [1.82, 2.24) is 25.4 Å². The molecule has 7 heteroatoms. The molecule has 0 spiro atoms. The molecule has 158 valence electrons. The first-order valence-corrected chi connectivity index (χ1v) is 10.8. The van der Waals surface area contributed by atoms with Gasteiger partial charge in [-0.2, -0.15) is 0 Å². The van der Waals surface area contributed by atoms with Crippen molar-refractivity contribution < 1.29 is 4.74 Å². The first kappa shape index (κ1) is 21.1. The lowest BCUT2D eigenvalue weighted by Gasteiger charge is -2.25. The lowest BCUT2D eigenvalue weighted by atomic mass is 9.96. The summed E-state index contributed by atoms with van der Waals surface area (Å²) in [6.07, 6.45) is 9.93. The molecular weight excluding hydrogens is 364 g/mol. The van der Waals surface area contributed by atoms with Crippen molar-refractivity contribution in [3.63, 3.8) is 0 Å². The molecule has 0 amide bonds. The van der Waals surface area contributed by atoms with Gasteiger partial charge in [0.25, 0.3) is 0 Å². The van der Waals surface area contributed by atoms with Crippen LogP contribution in [0.25, 0.3) is 0 Å². The summed E-state index contributed by atoms with van der Waals surface area (Å²) >= 11 is 0. The van der Waals surface area contributed by atoms with Crippen molar-refractivity contribution >= 4 is 5.96 Å². The predicted molar refractivity (Wildman–Crippen MR) is 116 cm³/mol. The number of para-hydroxylation sites is 1. The van der Waals surface area contributed by atoms with Gasteiger partial charge in [0.2, 0.25) is 0 Å². The van der Waals surface area contributed by atoms with E-state index in [1.165, 1.54) is 37.7 Å². The van der Waals surface area contributed by atoms with Gasteiger partial charge in [0.15, 0.2) is 5.96 Å². The third kappa shape index (κ3) is 6.48. The molecule has 0 bridgehead atoms. The van der Waals surface area contributed by atoms with Crippen LogP contribution in [0, 0.1) is 0 Å². The Morgan fingerprint density at radius 1 is 1.24 bits per heavy atom. The highest BCUT2D eigenvalue weighted by Crippen LogP contribution is 2.18. The molecule has 29 heavy (non-hydrogen) atoms. The SMILES string of the molecule is CCc1nncn1CCNC(=NCCc1ccccc1OC)NC1CCCCC1. The largest absolute Gasteiger partial charge is 0.496 e. The summed E-state index contributed by atoms with van der Waals surface area (Å²) in [6, 6.07) is 8.67. The highest BCUT2D eigenvalue weighted by Gasteiger charge is 2.14. The maximum atomic E-state index is 5.46. The van der Waals surface area contributed by atoms with E-state index < -0.39 is 0 Å². The number of nitrogens with zero attached hydrogens (tertiary/aromatic N) is 4. The number of aryl methyl sites for hydroxylation is 1. The molecule has 0 unspecified atom stereocenters. The minimum absolute atomic E-state index is 0.516. The fourth-order valence-corrected chi connectivity index (χ4v) is 3.82. The average Bonchev–Trinajstić information content (AvgIpc) is 3.22. The van der Waals surface area contributed by atoms with Crippen LogP contribution in [0.1, 0.15) is 50.4 Å². The van der Waals surface area contributed by atoms with Crippen molar-refractivity contribution in [1.29, 1.82) is 0 Å². The van der Waals surface area contributed by atoms with Crippen LogP contribution in [0.4, 0.5) is 0 Å². The number of hydrogen-bond donors (Lipinski definition) is 2. The Morgan fingerprint density at radius 2 is 2.07 bits per heavy atom. The molecule has 1 aliphatic carbocycles. The monoisotopic (exact) mass is 398 g/mol. The van der Waals surface area contributed by atoms with Gasteiger partial charge in [-0.05, 0) is 30.9 Å². The molecule has 2 aromatic rings. The summed E-state index contributed by atoms with van der Waals surface area (Å²) in [4.78, 5) is 4.85. The fraction of sp³-hybridized carbons (Fsp3) is 0.591. The highest BCUT2D eigenvalue weighted by molar-refractivity contribution is 5.80. The van der Waals surface area contributed by atoms with E-state index in [-0.39, 0.29) is 0 Å². The quantitative estimate of drug-likeness (QED) is 0.502. The first-order chi connectivity index (χ1) is 14.3. The van der Waals surface area contributed by atoms with Gasteiger partial charge in [-0.25, -0.2) is 0 Å². The van der Waals surface area contributed by atoms with Crippen LogP contribution in [0.3, 0.4) is 0 Å². The molecule has 0 atom stereocenters. The van der Waals surface area contributed by atoms with Gasteiger partial charge in [0.05, 0.1) is 7.11 Å². The van der Waals surface area contributed by atoms with Gasteiger partial charge < -0.3 is 19.9 Å². The number of guanidine groups is 1. The Hall–Kier alpha value is -2.57. The Labute approximate surface area is 174 Å². The molecule has 1 fully saturated rings. The summed E-state index contributed by atoms with van der Waals surface area (Å²) in [6.45, 7) is 4.44. The van der Waals surface area contributed by atoms with Crippen LogP contribution in [-0.4, -0.2) is 47.0 Å². The van der Waals surface area contributed by atoms with E-state index >= 15 is 0 Å². The molecule has 1 aromatic carbocycles. The van der Waals surface area contributed by atoms with Crippen molar-refractivity contribution in [3.8, 4) is 5.75 Å². The van der Waals surface area contributed by atoms with Crippen molar-refractivity contribution in [2.45, 2.75) is 64.5 Å². The van der Waals surface area contributed by atoms with Crippen LogP contribution in [0.15, 0.2) is 35.6 Å². The molecular formula is C22H34N6O. The Morgan fingerprint density at radius 3 is 2.86 bits per heavy atom. The van der Waals surface area contributed by atoms with Crippen molar-refractivity contribution in [2.24, 2.45) is 4.99 Å². The minimum Gasteiger partial charge on any atom is -0.496 e. The first-order valence-electron chi connectivity index (χ1n) is 10.8. The number of rotatable bonds is 9. The molecule has 1 saturated carbocycles. The van der Waals surface area contributed by atoms with Crippen molar-refractivity contribution in [3.05, 3.63) is 42.0 Å². The highest BCUT2D eigenvalue weighted by atomic mass is 16.5. The summed E-state index contributed by atoms with van der Waals surface area (Å²) in [5.41, 5.74) is 1.19. The zero-order valence-electron chi connectivity index (χ0n) is 17.7. The summed E-state index contributed by atoms with van der Waals surface area (Å²) in [7, 11) is 1.72. The number of aromatic nitrogens is 3. The third-order valence-corrected chi connectivity index (χ3v) is 5.45. The fourth-order valence-electron chi connectivity index (χ4n) is 3.82. The van der Waals surface area contributed by atoms with Crippen LogP contribution in [-0.2, 0) is 19.4 Å². The number of methoxy groups -OCH3 is 1. The van der Waals surface area contributed by atoms with Gasteiger partial charge in [-0.3, -0.25) is 4.99 Å². The molecule has 1 heterocycles. The number of aliphatic imine (C=N–C) groups is 1. The van der Waals surface area contributed by atoms with Gasteiger partial charge in [-0.15, -0.1) is 10.2 Å². The van der Waals surface area contributed by atoms with E-state index in [1.54, 1.807) is 13.4 Å². The number of nitrogens with one attached hydrogen (secondary N) is 2. The van der Waals surface area contributed by atoms with Crippen LogP contribution in [0.2, 0.25) is 0 Å². The van der Waals surface area contributed by atoms with Gasteiger partial charge in [0, 0.05) is 32.1 Å². The van der Waals surface area contributed by atoms with E-state index in [0.717, 1.165) is 50.0 Å².